The highest BCUT2D eigenvalue weighted by molar-refractivity contribution is 5.94. The Bertz CT molecular complexity index is 696. The molecule has 0 spiro atoms. The summed E-state index contributed by atoms with van der Waals surface area (Å²) in [6, 6.07) is 13.5. The minimum atomic E-state index is -0.541. The summed E-state index contributed by atoms with van der Waals surface area (Å²) in [5.74, 6) is 0.547. The molecule has 0 radical (unpaired) electrons. The van der Waals surface area contributed by atoms with Crippen molar-refractivity contribution < 1.29 is 14.5 Å². The summed E-state index contributed by atoms with van der Waals surface area (Å²) in [6.07, 6.45) is 0. The Morgan fingerprint density at radius 2 is 1.83 bits per heavy atom. The van der Waals surface area contributed by atoms with Crippen molar-refractivity contribution in [3.63, 3.8) is 0 Å². The van der Waals surface area contributed by atoms with E-state index in [2.05, 4.69) is 19.2 Å². The molecule has 23 heavy (non-hydrogen) atoms. The number of rotatable bonds is 6. The number of hydrogen-bond donors (Lipinski definition) is 1. The first-order chi connectivity index (χ1) is 11.0. The number of nitrogens with zero attached hydrogens (tertiary/aromatic N) is 1. The van der Waals surface area contributed by atoms with Gasteiger partial charge in [0.1, 0.15) is 11.4 Å². The highest BCUT2D eigenvalue weighted by Crippen LogP contribution is 2.23. The van der Waals surface area contributed by atoms with Crippen LogP contribution in [0.1, 0.15) is 25.3 Å². The molecule has 0 bridgehead atoms. The number of nitro benzene ring substituents is 1. The molecule has 0 heterocycles. The largest absolute Gasteiger partial charge is 0.484 e. The predicted molar refractivity (Wildman–Crippen MR) is 87.8 cm³/mol. The van der Waals surface area contributed by atoms with Crippen LogP contribution in [-0.2, 0) is 4.79 Å². The number of para-hydroxylation sites is 2. The number of amides is 1. The average Bonchev–Trinajstić information content (AvgIpc) is 2.53. The Kier molecular flexibility index (Phi) is 5.30. The second-order valence-electron chi connectivity index (χ2n) is 5.33. The maximum Gasteiger partial charge on any atom is 0.292 e. The van der Waals surface area contributed by atoms with E-state index in [9.17, 15) is 14.9 Å². The van der Waals surface area contributed by atoms with Crippen molar-refractivity contribution in [1.29, 1.82) is 0 Å². The van der Waals surface area contributed by atoms with Crippen LogP contribution in [0.4, 0.5) is 11.4 Å². The first-order valence-corrected chi connectivity index (χ1v) is 7.23. The smallest absolute Gasteiger partial charge is 0.292 e. The third-order valence-corrected chi connectivity index (χ3v) is 3.29. The first kappa shape index (κ1) is 16.5. The van der Waals surface area contributed by atoms with Gasteiger partial charge in [-0.3, -0.25) is 14.9 Å². The molecule has 0 unspecified atom stereocenters. The molecule has 1 N–H and O–H groups in total. The number of carbonyl (C=O) groups is 1. The van der Waals surface area contributed by atoms with Crippen LogP contribution in [0, 0.1) is 10.1 Å². The second-order valence-corrected chi connectivity index (χ2v) is 5.33. The van der Waals surface area contributed by atoms with E-state index in [1.165, 1.54) is 17.7 Å². The lowest BCUT2D eigenvalue weighted by Crippen LogP contribution is -2.20. The van der Waals surface area contributed by atoms with Crippen molar-refractivity contribution >= 4 is 17.3 Å². The Morgan fingerprint density at radius 3 is 2.43 bits per heavy atom. The molecule has 2 aromatic rings. The van der Waals surface area contributed by atoms with E-state index in [0.29, 0.717) is 11.7 Å². The van der Waals surface area contributed by atoms with Crippen molar-refractivity contribution in [2.24, 2.45) is 0 Å². The molecule has 120 valence electrons. The SMILES string of the molecule is CC(C)c1ccc(OCC(=O)Nc2ccccc2[N+](=O)[O-])cc1. The molecule has 1 amide bonds. The predicted octanol–water partition coefficient (Wildman–Crippen LogP) is 3.74. The Labute approximate surface area is 134 Å². The molecular weight excluding hydrogens is 296 g/mol. The molecule has 6 heteroatoms. The van der Waals surface area contributed by atoms with Crippen molar-refractivity contribution in [2.45, 2.75) is 19.8 Å². The summed E-state index contributed by atoms with van der Waals surface area (Å²) in [4.78, 5) is 22.2. The van der Waals surface area contributed by atoms with Gasteiger partial charge < -0.3 is 10.1 Å². The normalized spacial score (nSPS) is 10.4. The van der Waals surface area contributed by atoms with Crippen molar-refractivity contribution in [3.8, 4) is 5.75 Å². The maximum atomic E-state index is 11.9. The molecule has 0 aliphatic carbocycles. The molecular formula is C17H18N2O4. The van der Waals surface area contributed by atoms with E-state index in [-0.39, 0.29) is 18.0 Å². The number of carbonyl (C=O) groups excluding carboxylic acids is 1. The van der Waals surface area contributed by atoms with Gasteiger partial charge in [0.2, 0.25) is 0 Å². The van der Waals surface area contributed by atoms with E-state index in [0.717, 1.165) is 0 Å². The lowest BCUT2D eigenvalue weighted by atomic mass is 10.0. The molecule has 2 aromatic carbocycles. The second kappa shape index (κ2) is 7.40. The highest BCUT2D eigenvalue weighted by atomic mass is 16.6. The van der Waals surface area contributed by atoms with Gasteiger partial charge in [-0.1, -0.05) is 38.1 Å². The summed E-state index contributed by atoms with van der Waals surface area (Å²) in [5, 5.41) is 13.4. The minimum absolute atomic E-state index is 0.151. The number of anilines is 1. The van der Waals surface area contributed by atoms with Gasteiger partial charge in [0.25, 0.3) is 11.6 Å². The third kappa shape index (κ3) is 4.54. The Hall–Kier alpha value is -2.89. The van der Waals surface area contributed by atoms with E-state index >= 15 is 0 Å². The molecule has 0 aliphatic rings. The average molecular weight is 314 g/mol. The summed E-state index contributed by atoms with van der Waals surface area (Å²) in [7, 11) is 0. The van der Waals surface area contributed by atoms with Crippen LogP contribution in [-0.4, -0.2) is 17.4 Å². The summed E-state index contributed by atoms with van der Waals surface area (Å²) in [5.41, 5.74) is 1.19. The highest BCUT2D eigenvalue weighted by Gasteiger charge is 2.14. The van der Waals surface area contributed by atoms with E-state index in [1.54, 1.807) is 24.3 Å². The molecule has 0 aromatic heterocycles. The van der Waals surface area contributed by atoms with Crippen LogP contribution in [0.15, 0.2) is 48.5 Å². The topological polar surface area (TPSA) is 81.5 Å². The van der Waals surface area contributed by atoms with Crippen LogP contribution in [0.25, 0.3) is 0 Å². The fourth-order valence-electron chi connectivity index (χ4n) is 2.02. The van der Waals surface area contributed by atoms with Crippen LogP contribution in [0.5, 0.6) is 5.75 Å². The molecule has 0 saturated carbocycles. The van der Waals surface area contributed by atoms with E-state index < -0.39 is 10.8 Å². The summed E-state index contributed by atoms with van der Waals surface area (Å²) in [6.45, 7) is 3.97. The van der Waals surface area contributed by atoms with Crippen LogP contribution in [0.3, 0.4) is 0 Å². The standard InChI is InChI=1S/C17H18N2O4/c1-12(2)13-7-9-14(10-8-13)23-11-17(20)18-15-5-3-4-6-16(15)19(21)22/h3-10,12H,11H2,1-2H3,(H,18,20). The van der Waals surface area contributed by atoms with Crippen LogP contribution >= 0.6 is 0 Å². The van der Waals surface area contributed by atoms with E-state index in [1.807, 2.05) is 12.1 Å². The first-order valence-electron chi connectivity index (χ1n) is 7.23. The van der Waals surface area contributed by atoms with Gasteiger partial charge >= 0.3 is 0 Å². The number of hydrogen-bond acceptors (Lipinski definition) is 4. The van der Waals surface area contributed by atoms with Crippen molar-refractivity contribution in [2.75, 3.05) is 11.9 Å². The minimum Gasteiger partial charge on any atom is -0.484 e. The summed E-state index contributed by atoms with van der Waals surface area (Å²) < 4.78 is 5.39. The van der Waals surface area contributed by atoms with Gasteiger partial charge in [0, 0.05) is 6.07 Å². The molecule has 6 nitrogen and oxygen atoms in total. The zero-order valence-corrected chi connectivity index (χ0v) is 13.0. The van der Waals surface area contributed by atoms with Crippen molar-refractivity contribution in [1.82, 2.24) is 0 Å². The lowest BCUT2D eigenvalue weighted by Gasteiger charge is -2.09. The summed E-state index contributed by atoms with van der Waals surface area (Å²) >= 11 is 0. The van der Waals surface area contributed by atoms with Crippen molar-refractivity contribution in [3.05, 3.63) is 64.2 Å². The number of benzene rings is 2. The molecule has 0 aliphatic heterocycles. The van der Waals surface area contributed by atoms with Gasteiger partial charge in [-0.25, -0.2) is 0 Å². The number of nitrogens with one attached hydrogen (secondary N) is 1. The number of ether oxygens (including phenoxy) is 1. The fourth-order valence-corrected chi connectivity index (χ4v) is 2.02. The van der Waals surface area contributed by atoms with Gasteiger partial charge in [-0.2, -0.15) is 0 Å². The molecule has 2 rings (SSSR count). The van der Waals surface area contributed by atoms with Gasteiger partial charge in [-0.05, 0) is 29.7 Å². The fraction of sp³-hybridized carbons (Fsp3) is 0.235. The maximum absolute atomic E-state index is 11.9. The lowest BCUT2D eigenvalue weighted by molar-refractivity contribution is -0.383. The van der Waals surface area contributed by atoms with E-state index in [4.69, 9.17) is 4.74 Å². The Balaban J connectivity index is 1.94. The zero-order chi connectivity index (χ0) is 16.8. The monoisotopic (exact) mass is 314 g/mol. The van der Waals surface area contributed by atoms with Gasteiger partial charge in [-0.15, -0.1) is 0 Å². The van der Waals surface area contributed by atoms with Crippen LogP contribution < -0.4 is 10.1 Å². The van der Waals surface area contributed by atoms with Gasteiger partial charge in [0.15, 0.2) is 6.61 Å². The quantitative estimate of drug-likeness (QED) is 0.650. The zero-order valence-electron chi connectivity index (χ0n) is 13.0. The molecule has 0 atom stereocenters. The number of nitro groups is 1. The van der Waals surface area contributed by atoms with Gasteiger partial charge in [0.05, 0.1) is 4.92 Å². The van der Waals surface area contributed by atoms with Crippen LogP contribution in [0.2, 0.25) is 0 Å². The third-order valence-electron chi connectivity index (χ3n) is 3.29. The Morgan fingerprint density at radius 1 is 1.17 bits per heavy atom. The molecule has 0 fully saturated rings. The molecule has 0 saturated heterocycles.